The minimum atomic E-state index is -4.57. The Morgan fingerprint density at radius 2 is 1.59 bits per heavy atom. The molecule has 2 rings (SSSR count). The fourth-order valence-corrected chi connectivity index (χ4v) is 2.63. The molecule has 0 spiro atoms. The summed E-state index contributed by atoms with van der Waals surface area (Å²) in [7, 11) is 0. The van der Waals surface area contributed by atoms with Crippen molar-refractivity contribution in [2.24, 2.45) is 5.73 Å². The Bertz CT molecular complexity index is 794. The average molecular weight is 380 g/mol. The maximum atomic E-state index is 13.0. The topological polar surface area (TPSA) is 92.4 Å². The van der Waals surface area contributed by atoms with Gasteiger partial charge in [0.2, 0.25) is 5.91 Å². The lowest BCUT2D eigenvalue weighted by atomic mass is 9.99. The Labute approximate surface area is 154 Å². The van der Waals surface area contributed by atoms with Gasteiger partial charge in [-0.1, -0.05) is 48.5 Å². The van der Waals surface area contributed by atoms with Crippen LogP contribution in [0.15, 0.2) is 54.6 Å². The van der Waals surface area contributed by atoms with Crippen LogP contribution in [0, 0.1) is 0 Å². The monoisotopic (exact) mass is 380 g/mol. The van der Waals surface area contributed by atoms with Gasteiger partial charge in [0.05, 0.1) is 11.6 Å². The lowest BCUT2D eigenvalue weighted by molar-refractivity contribution is -0.141. The molecular formula is C19H19F3N2O3. The summed E-state index contributed by atoms with van der Waals surface area (Å²) in [5.41, 5.74) is 5.44. The number of carbonyl (C=O) groups is 2. The lowest BCUT2D eigenvalue weighted by Crippen LogP contribution is -2.50. The number of rotatable bonds is 7. The Morgan fingerprint density at radius 1 is 1.00 bits per heavy atom. The van der Waals surface area contributed by atoms with Gasteiger partial charge in [-0.25, -0.2) is 4.79 Å². The number of aliphatic carboxylic acids is 1. The van der Waals surface area contributed by atoms with Gasteiger partial charge >= 0.3 is 12.1 Å². The molecule has 8 heteroatoms. The van der Waals surface area contributed by atoms with Gasteiger partial charge in [0, 0.05) is 6.42 Å². The van der Waals surface area contributed by atoms with Gasteiger partial charge in [-0.15, -0.1) is 0 Å². The number of nitrogens with one attached hydrogen (secondary N) is 1. The molecule has 4 N–H and O–H groups in total. The molecule has 27 heavy (non-hydrogen) atoms. The van der Waals surface area contributed by atoms with Crippen molar-refractivity contribution in [3.63, 3.8) is 0 Å². The molecule has 0 saturated carbocycles. The predicted molar refractivity (Wildman–Crippen MR) is 92.8 cm³/mol. The number of amides is 1. The molecule has 0 aliphatic carbocycles. The van der Waals surface area contributed by atoms with Crippen LogP contribution in [0.2, 0.25) is 0 Å². The van der Waals surface area contributed by atoms with E-state index in [-0.39, 0.29) is 18.4 Å². The number of hydrogen-bond acceptors (Lipinski definition) is 3. The third kappa shape index (κ3) is 5.82. The van der Waals surface area contributed by atoms with Crippen molar-refractivity contribution in [1.29, 1.82) is 0 Å². The second-order valence-electron chi connectivity index (χ2n) is 6.05. The van der Waals surface area contributed by atoms with E-state index in [0.717, 1.165) is 6.07 Å². The molecule has 5 nitrogen and oxygen atoms in total. The Morgan fingerprint density at radius 3 is 2.19 bits per heavy atom. The zero-order valence-electron chi connectivity index (χ0n) is 14.2. The van der Waals surface area contributed by atoms with Gasteiger partial charge in [-0.05, 0) is 23.6 Å². The average Bonchev–Trinajstić information content (AvgIpc) is 2.61. The van der Waals surface area contributed by atoms with Crippen LogP contribution in [-0.4, -0.2) is 29.1 Å². The maximum Gasteiger partial charge on any atom is 0.416 e. The second-order valence-corrected chi connectivity index (χ2v) is 6.05. The highest BCUT2D eigenvalue weighted by atomic mass is 19.4. The molecule has 0 fully saturated rings. The fraction of sp³-hybridized carbons (Fsp3) is 0.263. The minimum Gasteiger partial charge on any atom is -0.480 e. The number of alkyl halides is 3. The highest BCUT2D eigenvalue weighted by Gasteiger charge is 2.34. The van der Waals surface area contributed by atoms with Crippen molar-refractivity contribution in [3.8, 4) is 0 Å². The number of hydrogen-bond donors (Lipinski definition) is 3. The first-order chi connectivity index (χ1) is 12.7. The zero-order chi connectivity index (χ0) is 20.0. The van der Waals surface area contributed by atoms with E-state index in [0.29, 0.717) is 5.56 Å². The molecule has 2 atom stereocenters. The Kier molecular flexibility index (Phi) is 6.57. The number of carboxylic acids is 1. The van der Waals surface area contributed by atoms with Gasteiger partial charge in [0.1, 0.15) is 6.04 Å². The third-order valence-electron chi connectivity index (χ3n) is 4.00. The summed E-state index contributed by atoms with van der Waals surface area (Å²) in [5, 5.41) is 11.6. The molecule has 144 valence electrons. The van der Waals surface area contributed by atoms with E-state index < -0.39 is 35.7 Å². The van der Waals surface area contributed by atoms with Crippen LogP contribution < -0.4 is 11.1 Å². The first-order valence-corrected chi connectivity index (χ1v) is 8.16. The second kappa shape index (κ2) is 8.68. The SMILES string of the molecule is N[C@@H](Cc1ccccc1C(F)(F)F)C(=O)N[C@@H](Cc1ccccc1)C(=O)O. The largest absolute Gasteiger partial charge is 0.480 e. The van der Waals surface area contributed by atoms with Crippen molar-refractivity contribution in [1.82, 2.24) is 5.32 Å². The summed E-state index contributed by atoms with van der Waals surface area (Å²) < 4.78 is 39.1. The van der Waals surface area contributed by atoms with E-state index in [1.807, 2.05) is 0 Å². The molecule has 0 heterocycles. The highest BCUT2D eigenvalue weighted by molar-refractivity contribution is 5.87. The van der Waals surface area contributed by atoms with Crippen LogP contribution in [-0.2, 0) is 28.6 Å². The summed E-state index contributed by atoms with van der Waals surface area (Å²) >= 11 is 0. The Hall–Kier alpha value is -2.87. The minimum absolute atomic E-state index is 0.0355. The summed E-state index contributed by atoms with van der Waals surface area (Å²) in [6.07, 6.45) is -4.89. The summed E-state index contributed by atoms with van der Waals surface area (Å²) in [6, 6.07) is 10.9. The molecule has 0 unspecified atom stereocenters. The quantitative estimate of drug-likeness (QED) is 0.688. The molecule has 0 aliphatic heterocycles. The summed E-state index contributed by atoms with van der Waals surface area (Å²) in [6.45, 7) is 0. The highest BCUT2D eigenvalue weighted by Crippen LogP contribution is 2.32. The third-order valence-corrected chi connectivity index (χ3v) is 4.00. The molecular weight excluding hydrogens is 361 g/mol. The fourth-order valence-electron chi connectivity index (χ4n) is 2.63. The molecule has 0 aliphatic rings. The van der Waals surface area contributed by atoms with Gasteiger partial charge in [0.25, 0.3) is 0 Å². The van der Waals surface area contributed by atoms with Crippen molar-refractivity contribution >= 4 is 11.9 Å². The molecule has 0 aromatic heterocycles. The number of carboxylic acid groups (broad SMARTS) is 1. The van der Waals surface area contributed by atoms with Crippen molar-refractivity contribution in [2.45, 2.75) is 31.1 Å². The molecule has 0 radical (unpaired) electrons. The van der Waals surface area contributed by atoms with E-state index in [9.17, 15) is 27.9 Å². The van der Waals surface area contributed by atoms with Crippen LogP contribution >= 0.6 is 0 Å². The van der Waals surface area contributed by atoms with E-state index >= 15 is 0 Å². The lowest BCUT2D eigenvalue weighted by Gasteiger charge is -2.19. The van der Waals surface area contributed by atoms with Crippen LogP contribution in [0.4, 0.5) is 13.2 Å². The zero-order valence-corrected chi connectivity index (χ0v) is 14.2. The van der Waals surface area contributed by atoms with Crippen LogP contribution in [0.3, 0.4) is 0 Å². The van der Waals surface area contributed by atoms with Crippen LogP contribution in [0.5, 0.6) is 0 Å². The van der Waals surface area contributed by atoms with Crippen molar-refractivity contribution in [2.75, 3.05) is 0 Å². The van der Waals surface area contributed by atoms with Crippen molar-refractivity contribution < 1.29 is 27.9 Å². The summed E-state index contributed by atoms with van der Waals surface area (Å²) in [5.74, 6) is -2.08. The molecule has 2 aromatic rings. The van der Waals surface area contributed by atoms with Crippen molar-refractivity contribution in [3.05, 3.63) is 71.3 Å². The van der Waals surface area contributed by atoms with Crippen LogP contribution in [0.25, 0.3) is 0 Å². The van der Waals surface area contributed by atoms with E-state index in [1.165, 1.54) is 18.2 Å². The maximum absolute atomic E-state index is 13.0. The van der Waals surface area contributed by atoms with E-state index in [1.54, 1.807) is 30.3 Å². The molecule has 0 saturated heterocycles. The number of nitrogens with two attached hydrogens (primary N) is 1. The van der Waals surface area contributed by atoms with Gasteiger partial charge in [-0.3, -0.25) is 4.79 Å². The smallest absolute Gasteiger partial charge is 0.416 e. The van der Waals surface area contributed by atoms with Gasteiger partial charge in [0.15, 0.2) is 0 Å². The standard InChI is InChI=1S/C19H19F3N2O3/c20-19(21,22)14-9-5-4-8-13(14)11-15(23)17(25)24-16(18(26)27)10-12-6-2-1-3-7-12/h1-9,15-16H,10-11,23H2,(H,24,25)(H,26,27)/t15-,16-/m0/s1. The molecule has 2 aromatic carbocycles. The summed E-state index contributed by atoms with van der Waals surface area (Å²) in [4.78, 5) is 23.6. The normalized spacial score (nSPS) is 13.6. The van der Waals surface area contributed by atoms with Crippen LogP contribution in [0.1, 0.15) is 16.7 Å². The van der Waals surface area contributed by atoms with E-state index in [4.69, 9.17) is 5.73 Å². The first kappa shape index (κ1) is 20.4. The number of halogens is 3. The first-order valence-electron chi connectivity index (χ1n) is 8.16. The van der Waals surface area contributed by atoms with Gasteiger partial charge < -0.3 is 16.2 Å². The number of benzene rings is 2. The Balaban J connectivity index is 2.07. The number of carbonyl (C=O) groups excluding carboxylic acids is 1. The predicted octanol–water partition coefficient (Wildman–Crippen LogP) is 2.39. The molecule has 0 bridgehead atoms. The van der Waals surface area contributed by atoms with E-state index in [2.05, 4.69) is 5.32 Å². The van der Waals surface area contributed by atoms with Gasteiger partial charge in [-0.2, -0.15) is 13.2 Å². The molecule has 1 amide bonds.